The van der Waals surface area contributed by atoms with Crippen molar-refractivity contribution in [3.05, 3.63) is 41.2 Å². The number of hydrogen-bond donors (Lipinski definition) is 2. The van der Waals surface area contributed by atoms with Crippen molar-refractivity contribution in [2.24, 2.45) is 0 Å². The number of carbonyl (C=O) groups excluding carboxylic acids is 1. The minimum Gasteiger partial charge on any atom is -0.484 e. The molecule has 128 valence electrons. The van der Waals surface area contributed by atoms with E-state index >= 15 is 0 Å². The molecular formula is C18H16ClN3O3. The Hall–Kier alpha value is -2.73. The fourth-order valence-electron chi connectivity index (χ4n) is 2.83. The van der Waals surface area contributed by atoms with Gasteiger partial charge in [0.25, 0.3) is 5.88 Å². The average molecular weight is 358 g/mol. The summed E-state index contributed by atoms with van der Waals surface area (Å²) < 4.78 is 11.0. The van der Waals surface area contributed by atoms with E-state index in [2.05, 4.69) is 15.3 Å². The topological polar surface area (TPSA) is 76.2 Å². The van der Waals surface area contributed by atoms with Crippen LogP contribution in [0.4, 0.5) is 0 Å². The van der Waals surface area contributed by atoms with Crippen LogP contribution in [0.1, 0.15) is 12.6 Å². The van der Waals surface area contributed by atoms with Gasteiger partial charge in [-0.2, -0.15) is 0 Å². The second kappa shape index (κ2) is 6.29. The molecule has 0 atom stereocenters. The molecule has 1 aromatic carbocycles. The van der Waals surface area contributed by atoms with E-state index in [1.54, 1.807) is 6.20 Å². The van der Waals surface area contributed by atoms with Gasteiger partial charge in [0.2, 0.25) is 5.91 Å². The van der Waals surface area contributed by atoms with Crippen molar-refractivity contribution in [1.82, 2.24) is 15.3 Å². The van der Waals surface area contributed by atoms with E-state index in [9.17, 15) is 4.79 Å². The summed E-state index contributed by atoms with van der Waals surface area (Å²) in [6.07, 6.45) is 1.72. The predicted molar refractivity (Wildman–Crippen MR) is 95.1 cm³/mol. The smallest absolute Gasteiger partial charge is 0.257 e. The number of aromatic nitrogens is 2. The van der Waals surface area contributed by atoms with E-state index in [1.807, 2.05) is 24.3 Å². The highest BCUT2D eigenvalue weighted by Gasteiger charge is 2.16. The highest BCUT2D eigenvalue weighted by molar-refractivity contribution is 6.34. The summed E-state index contributed by atoms with van der Waals surface area (Å²) in [7, 11) is 0. The van der Waals surface area contributed by atoms with Gasteiger partial charge in [-0.3, -0.25) is 4.79 Å². The first-order chi connectivity index (χ1) is 12.1. The van der Waals surface area contributed by atoms with Crippen LogP contribution in [0.5, 0.6) is 11.6 Å². The molecule has 1 amide bonds. The molecule has 0 radical (unpaired) electrons. The van der Waals surface area contributed by atoms with Gasteiger partial charge < -0.3 is 19.8 Å². The maximum atomic E-state index is 11.1. The van der Waals surface area contributed by atoms with E-state index in [-0.39, 0.29) is 5.91 Å². The molecule has 1 aliphatic heterocycles. The Morgan fingerprint density at radius 1 is 1.28 bits per heavy atom. The van der Waals surface area contributed by atoms with E-state index in [4.69, 9.17) is 21.1 Å². The Labute approximate surface area is 149 Å². The number of benzene rings is 1. The predicted octanol–water partition coefficient (Wildman–Crippen LogP) is 3.29. The third-order valence-electron chi connectivity index (χ3n) is 4.00. The van der Waals surface area contributed by atoms with Crippen LogP contribution in [0.15, 0.2) is 30.5 Å². The molecule has 2 N–H and O–H groups in total. The Morgan fingerprint density at radius 2 is 2.12 bits per heavy atom. The van der Waals surface area contributed by atoms with Gasteiger partial charge in [-0.05, 0) is 24.3 Å². The fraction of sp³-hybridized carbons (Fsp3) is 0.222. The van der Waals surface area contributed by atoms with Gasteiger partial charge in [-0.25, -0.2) is 4.98 Å². The number of amides is 1. The van der Waals surface area contributed by atoms with Crippen LogP contribution >= 0.6 is 11.6 Å². The van der Waals surface area contributed by atoms with Crippen LogP contribution in [0, 0.1) is 0 Å². The fourth-order valence-corrected chi connectivity index (χ4v) is 3.11. The number of carbonyl (C=O) groups is 1. The standard InChI is InChI=1S/C18H16ClN3O3/c1-10(23)20-9-13-4-11-5-15(19)14(7-16(11)22-13)12-6-17-18(21-8-12)25-3-2-24-17/h4-8,22H,2-3,9H2,1H3,(H,20,23). The van der Waals surface area contributed by atoms with Crippen LogP contribution in [0.2, 0.25) is 5.02 Å². The normalized spacial score (nSPS) is 13.0. The van der Waals surface area contributed by atoms with Crippen molar-refractivity contribution in [3.63, 3.8) is 0 Å². The van der Waals surface area contributed by atoms with Crippen LogP contribution in [0.25, 0.3) is 22.0 Å². The molecule has 0 saturated carbocycles. The number of aromatic amines is 1. The van der Waals surface area contributed by atoms with Crippen LogP contribution in [-0.2, 0) is 11.3 Å². The summed E-state index contributed by atoms with van der Waals surface area (Å²) in [5.74, 6) is 1.06. The number of nitrogens with zero attached hydrogens (tertiary/aromatic N) is 1. The first-order valence-electron chi connectivity index (χ1n) is 7.92. The Bertz CT molecular complexity index is 968. The van der Waals surface area contributed by atoms with Crippen molar-refractivity contribution >= 4 is 28.4 Å². The summed E-state index contributed by atoms with van der Waals surface area (Å²) in [6.45, 7) is 2.95. The maximum Gasteiger partial charge on any atom is 0.257 e. The Morgan fingerprint density at radius 3 is 2.96 bits per heavy atom. The molecule has 25 heavy (non-hydrogen) atoms. The van der Waals surface area contributed by atoms with E-state index in [0.29, 0.717) is 36.4 Å². The summed E-state index contributed by atoms with van der Waals surface area (Å²) in [5, 5.41) is 4.38. The lowest BCUT2D eigenvalue weighted by molar-refractivity contribution is -0.119. The van der Waals surface area contributed by atoms with Crippen molar-refractivity contribution in [1.29, 1.82) is 0 Å². The lowest BCUT2D eigenvalue weighted by Crippen LogP contribution is -2.18. The minimum atomic E-state index is -0.0697. The van der Waals surface area contributed by atoms with Gasteiger partial charge in [0.1, 0.15) is 13.2 Å². The molecule has 2 aromatic heterocycles. The molecule has 4 rings (SSSR count). The van der Waals surface area contributed by atoms with Gasteiger partial charge in [0.05, 0.1) is 6.54 Å². The zero-order valence-corrected chi connectivity index (χ0v) is 14.3. The minimum absolute atomic E-state index is 0.0697. The number of halogens is 1. The molecule has 6 nitrogen and oxygen atoms in total. The molecule has 0 fully saturated rings. The molecule has 3 aromatic rings. The number of pyridine rings is 1. The summed E-state index contributed by atoms with van der Waals surface area (Å²) >= 11 is 6.47. The number of rotatable bonds is 3. The maximum absolute atomic E-state index is 11.1. The third-order valence-corrected chi connectivity index (χ3v) is 4.31. The molecule has 0 bridgehead atoms. The van der Waals surface area contributed by atoms with E-state index in [0.717, 1.165) is 27.7 Å². The molecule has 7 heteroatoms. The molecule has 3 heterocycles. The van der Waals surface area contributed by atoms with Gasteiger partial charge >= 0.3 is 0 Å². The highest BCUT2D eigenvalue weighted by Crippen LogP contribution is 2.36. The largest absolute Gasteiger partial charge is 0.484 e. The molecule has 0 aliphatic carbocycles. The van der Waals surface area contributed by atoms with Crippen molar-refractivity contribution in [2.75, 3.05) is 13.2 Å². The van der Waals surface area contributed by atoms with Gasteiger partial charge in [0.15, 0.2) is 5.75 Å². The second-order valence-corrected chi connectivity index (χ2v) is 6.26. The zero-order valence-electron chi connectivity index (χ0n) is 13.6. The number of nitrogens with one attached hydrogen (secondary N) is 2. The first kappa shape index (κ1) is 15.8. The number of fused-ring (bicyclic) bond motifs is 2. The van der Waals surface area contributed by atoms with E-state index in [1.165, 1.54) is 6.92 Å². The van der Waals surface area contributed by atoms with Gasteiger partial charge in [-0.1, -0.05) is 11.6 Å². The summed E-state index contributed by atoms with van der Waals surface area (Å²) in [6, 6.07) is 7.73. The Kier molecular flexibility index (Phi) is 3.97. The molecule has 0 unspecified atom stereocenters. The highest BCUT2D eigenvalue weighted by atomic mass is 35.5. The number of ether oxygens (including phenoxy) is 2. The summed E-state index contributed by atoms with van der Waals surface area (Å²) in [4.78, 5) is 18.7. The average Bonchev–Trinajstić information content (AvgIpc) is 3.00. The molecular weight excluding hydrogens is 342 g/mol. The third kappa shape index (κ3) is 3.13. The van der Waals surface area contributed by atoms with Crippen molar-refractivity contribution in [3.8, 4) is 22.8 Å². The SMILES string of the molecule is CC(=O)NCc1cc2cc(Cl)c(-c3cnc4c(c3)OCCO4)cc2[nH]1. The molecule has 0 saturated heterocycles. The quantitative estimate of drug-likeness (QED) is 0.754. The lowest BCUT2D eigenvalue weighted by Gasteiger charge is -2.17. The van der Waals surface area contributed by atoms with E-state index < -0.39 is 0 Å². The van der Waals surface area contributed by atoms with Crippen molar-refractivity contribution < 1.29 is 14.3 Å². The van der Waals surface area contributed by atoms with Gasteiger partial charge in [-0.15, -0.1) is 0 Å². The molecule has 1 aliphatic rings. The summed E-state index contributed by atoms with van der Waals surface area (Å²) in [5.41, 5.74) is 3.56. The Balaban J connectivity index is 1.72. The zero-order chi connectivity index (χ0) is 17.4. The van der Waals surface area contributed by atoms with Crippen LogP contribution < -0.4 is 14.8 Å². The van der Waals surface area contributed by atoms with Crippen LogP contribution in [-0.4, -0.2) is 29.1 Å². The lowest BCUT2D eigenvalue weighted by atomic mass is 10.1. The number of hydrogen-bond acceptors (Lipinski definition) is 4. The van der Waals surface area contributed by atoms with Crippen molar-refractivity contribution in [2.45, 2.75) is 13.5 Å². The monoisotopic (exact) mass is 357 g/mol. The number of H-pyrrole nitrogens is 1. The molecule has 0 spiro atoms. The first-order valence-corrected chi connectivity index (χ1v) is 8.29. The van der Waals surface area contributed by atoms with Crippen LogP contribution in [0.3, 0.4) is 0 Å². The second-order valence-electron chi connectivity index (χ2n) is 5.85. The van der Waals surface area contributed by atoms with Gasteiger partial charge in [0, 0.05) is 45.9 Å².